The topological polar surface area (TPSA) is 0 Å². The molecule has 0 fully saturated rings. The van der Waals surface area contributed by atoms with E-state index in [-0.39, 0.29) is 44.3 Å². The van der Waals surface area contributed by atoms with Gasteiger partial charge in [-0.25, -0.2) is 0 Å². The first kappa shape index (κ1) is 19.2. The quantitative estimate of drug-likeness (QED) is 0.353. The molecule has 0 nitrogen and oxygen atoms in total. The van der Waals surface area contributed by atoms with Crippen molar-refractivity contribution in [3.05, 3.63) is 27.8 Å². The number of hydrogen-bond acceptors (Lipinski definition) is 0. The fourth-order valence-electron chi connectivity index (χ4n) is 1.41. The van der Waals surface area contributed by atoms with Gasteiger partial charge in [0.05, 0.1) is 0 Å². The standard InChI is InChI=1S/C10H15.2ClH.Ru/c1-6-7(2)9(4)10(5)8(6)3;;;/h1-5H3;2*1H;/q-1;;;+3/p-2. The van der Waals surface area contributed by atoms with Crippen molar-refractivity contribution in [3.8, 4) is 0 Å². The van der Waals surface area contributed by atoms with Crippen LogP contribution in [0.1, 0.15) is 27.8 Å². The SMILES string of the molecule is Cc1c(C)c(C)[c-](C)c1C.[Cl-].[Cl-].[Ru+3]. The second-order valence-corrected chi connectivity index (χ2v) is 3.12. The Labute approximate surface area is 106 Å². The molecule has 77 valence electrons. The van der Waals surface area contributed by atoms with Crippen LogP contribution in [0.4, 0.5) is 0 Å². The Morgan fingerprint density at radius 2 is 1.00 bits per heavy atom. The van der Waals surface area contributed by atoms with Gasteiger partial charge in [0.2, 0.25) is 0 Å². The summed E-state index contributed by atoms with van der Waals surface area (Å²) in [6, 6.07) is 0. The number of halogens is 2. The van der Waals surface area contributed by atoms with Gasteiger partial charge >= 0.3 is 19.5 Å². The molecular weight excluding hydrogens is 292 g/mol. The summed E-state index contributed by atoms with van der Waals surface area (Å²) in [5, 5.41) is 0. The zero-order chi connectivity index (χ0) is 7.89. The molecule has 1 aromatic rings. The second-order valence-electron chi connectivity index (χ2n) is 3.12. The summed E-state index contributed by atoms with van der Waals surface area (Å²) in [4.78, 5) is 0. The molecule has 1 radical (unpaired) electrons. The molecule has 0 unspecified atom stereocenters. The summed E-state index contributed by atoms with van der Waals surface area (Å²) in [5.41, 5.74) is 7.34. The third-order valence-corrected chi connectivity index (χ3v) is 2.81. The van der Waals surface area contributed by atoms with E-state index in [1.807, 2.05) is 0 Å². The smallest absolute Gasteiger partial charge is 1.00 e. The maximum absolute atomic E-state index is 2.20. The largest absolute Gasteiger partial charge is 3.00 e. The summed E-state index contributed by atoms with van der Waals surface area (Å²) in [5.74, 6) is 0. The molecule has 0 amide bonds. The average Bonchev–Trinajstić information content (AvgIpc) is 2.07. The molecule has 0 aliphatic rings. The summed E-state index contributed by atoms with van der Waals surface area (Å²) in [6.07, 6.45) is 0. The van der Waals surface area contributed by atoms with Crippen LogP contribution in [0, 0.1) is 34.6 Å². The Morgan fingerprint density at radius 3 is 1.08 bits per heavy atom. The predicted octanol–water partition coefficient (Wildman–Crippen LogP) is -3.05. The third-order valence-electron chi connectivity index (χ3n) is 2.81. The average molecular weight is 307 g/mol. The number of hydrogen-bond donors (Lipinski definition) is 0. The fourth-order valence-corrected chi connectivity index (χ4v) is 1.41. The van der Waals surface area contributed by atoms with Gasteiger partial charge in [0, 0.05) is 0 Å². The molecule has 0 heterocycles. The van der Waals surface area contributed by atoms with Gasteiger partial charge in [-0.15, -0.1) is 0 Å². The molecule has 1 aromatic carbocycles. The Morgan fingerprint density at radius 1 is 0.769 bits per heavy atom. The zero-order valence-electron chi connectivity index (χ0n) is 8.61. The Kier molecular flexibility index (Phi) is 10.2. The van der Waals surface area contributed by atoms with Crippen molar-refractivity contribution in [1.29, 1.82) is 0 Å². The molecule has 0 aliphatic carbocycles. The minimum atomic E-state index is 0. The minimum Gasteiger partial charge on any atom is -1.00 e. The van der Waals surface area contributed by atoms with Gasteiger partial charge in [-0.2, -0.15) is 27.8 Å². The van der Waals surface area contributed by atoms with E-state index < -0.39 is 0 Å². The molecule has 0 saturated carbocycles. The van der Waals surface area contributed by atoms with E-state index in [0.717, 1.165) is 0 Å². The van der Waals surface area contributed by atoms with Crippen molar-refractivity contribution in [1.82, 2.24) is 0 Å². The molecule has 0 N–H and O–H groups in total. The minimum absolute atomic E-state index is 0. The predicted molar refractivity (Wildman–Crippen MR) is 45.7 cm³/mol. The molecule has 13 heavy (non-hydrogen) atoms. The van der Waals surface area contributed by atoms with Crippen molar-refractivity contribution in [2.75, 3.05) is 0 Å². The molecule has 0 aliphatic heterocycles. The first-order valence-electron chi connectivity index (χ1n) is 3.75. The van der Waals surface area contributed by atoms with E-state index in [0.29, 0.717) is 0 Å². The van der Waals surface area contributed by atoms with Gasteiger partial charge in [-0.05, 0) is 0 Å². The van der Waals surface area contributed by atoms with Crippen LogP contribution in [-0.4, -0.2) is 0 Å². The van der Waals surface area contributed by atoms with Crippen LogP contribution in [0.25, 0.3) is 0 Å². The normalized spacial score (nSPS) is 8.08. The first-order chi connectivity index (χ1) is 4.55. The molecule has 0 atom stereocenters. The molecule has 3 heteroatoms. The van der Waals surface area contributed by atoms with Crippen LogP contribution in [0.3, 0.4) is 0 Å². The van der Waals surface area contributed by atoms with Gasteiger partial charge in [-0.1, -0.05) is 34.6 Å². The molecule has 0 spiro atoms. The van der Waals surface area contributed by atoms with Crippen LogP contribution in [0.15, 0.2) is 0 Å². The van der Waals surface area contributed by atoms with Crippen LogP contribution >= 0.6 is 0 Å². The van der Waals surface area contributed by atoms with Gasteiger partial charge in [0.1, 0.15) is 0 Å². The van der Waals surface area contributed by atoms with Crippen molar-refractivity contribution >= 4 is 0 Å². The Hall–Kier alpha value is 0.553. The monoisotopic (exact) mass is 307 g/mol. The van der Waals surface area contributed by atoms with E-state index in [1.54, 1.807) is 0 Å². The molecule has 1 rings (SSSR count). The van der Waals surface area contributed by atoms with Gasteiger partial charge in [0.25, 0.3) is 0 Å². The van der Waals surface area contributed by atoms with Crippen LogP contribution < -0.4 is 24.8 Å². The second kappa shape index (κ2) is 6.93. The van der Waals surface area contributed by atoms with Crippen molar-refractivity contribution in [2.45, 2.75) is 34.6 Å². The zero-order valence-corrected chi connectivity index (χ0v) is 11.9. The van der Waals surface area contributed by atoms with E-state index in [9.17, 15) is 0 Å². The Balaban J connectivity index is -0.000000333. The van der Waals surface area contributed by atoms with E-state index in [4.69, 9.17) is 0 Å². The summed E-state index contributed by atoms with van der Waals surface area (Å²) >= 11 is 0. The maximum atomic E-state index is 2.20. The van der Waals surface area contributed by atoms with Gasteiger partial charge < -0.3 is 24.8 Å². The molecule has 0 bridgehead atoms. The maximum Gasteiger partial charge on any atom is 3.00 e. The van der Waals surface area contributed by atoms with Crippen molar-refractivity contribution < 1.29 is 44.3 Å². The van der Waals surface area contributed by atoms with Crippen LogP contribution in [0.5, 0.6) is 0 Å². The van der Waals surface area contributed by atoms with Gasteiger partial charge in [0.15, 0.2) is 0 Å². The fraction of sp³-hybridized carbons (Fsp3) is 0.500. The first-order valence-corrected chi connectivity index (χ1v) is 3.75. The van der Waals surface area contributed by atoms with Crippen molar-refractivity contribution in [3.63, 3.8) is 0 Å². The number of rotatable bonds is 0. The van der Waals surface area contributed by atoms with Crippen LogP contribution in [-0.2, 0) is 19.5 Å². The third kappa shape index (κ3) is 3.31. The van der Waals surface area contributed by atoms with E-state index >= 15 is 0 Å². The van der Waals surface area contributed by atoms with Crippen molar-refractivity contribution in [2.24, 2.45) is 0 Å². The summed E-state index contributed by atoms with van der Waals surface area (Å²) in [6.45, 7) is 11.0. The molecular formula is C10H15Cl2Ru. The summed E-state index contributed by atoms with van der Waals surface area (Å²) < 4.78 is 0. The van der Waals surface area contributed by atoms with Gasteiger partial charge in [-0.3, -0.25) is 0 Å². The molecule has 0 aromatic heterocycles. The summed E-state index contributed by atoms with van der Waals surface area (Å²) in [7, 11) is 0. The van der Waals surface area contributed by atoms with E-state index in [2.05, 4.69) is 34.6 Å². The molecule has 0 saturated heterocycles. The Bertz CT molecular complexity index is 184. The van der Waals surface area contributed by atoms with Crippen LogP contribution in [0.2, 0.25) is 0 Å². The van der Waals surface area contributed by atoms with E-state index in [1.165, 1.54) is 27.8 Å².